The van der Waals surface area contributed by atoms with Gasteiger partial charge in [-0.25, -0.2) is 8.42 Å². The van der Waals surface area contributed by atoms with Gasteiger partial charge in [0, 0.05) is 24.4 Å². The number of esters is 2. The van der Waals surface area contributed by atoms with E-state index in [2.05, 4.69) is 11.9 Å². The van der Waals surface area contributed by atoms with Crippen molar-refractivity contribution in [2.24, 2.45) is 17.3 Å². The van der Waals surface area contributed by atoms with Crippen LogP contribution in [0.5, 0.6) is 0 Å². The van der Waals surface area contributed by atoms with E-state index in [-0.39, 0.29) is 49.9 Å². The van der Waals surface area contributed by atoms with Crippen LogP contribution in [0.15, 0.2) is 12.3 Å². The molecule has 0 amide bonds. The predicted molar refractivity (Wildman–Crippen MR) is 115 cm³/mol. The zero-order valence-electron chi connectivity index (χ0n) is 18.8. The first-order chi connectivity index (χ1) is 14.1. The number of nitrogens with one attached hydrogen (secondary N) is 1. The Labute approximate surface area is 184 Å². The fourth-order valence-electron chi connectivity index (χ4n) is 2.58. The van der Waals surface area contributed by atoms with Gasteiger partial charge >= 0.3 is 19.5 Å². The second kappa shape index (κ2) is 11.4. The van der Waals surface area contributed by atoms with Gasteiger partial charge in [-0.3, -0.25) is 18.7 Å². The lowest BCUT2D eigenvalue weighted by Gasteiger charge is -2.35. The summed E-state index contributed by atoms with van der Waals surface area (Å²) in [6, 6.07) is 0. The molecule has 31 heavy (non-hydrogen) atoms. The molecule has 1 N–H and O–H groups in total. The smallest absolute Gasteiger partial charge is 0.334 e. The summed E-state index contributed by atoms with van der Waals surface area (Å²) in [5, 5.41) is 3.02. The number of carbonyl (C=O) groups excluding carboxylic acids is 2. The van der Waals surface area contributed by atoms with Gasteiger partial charge in [0.25, 0.3) is 0 Å². The molecule has 0 aromatic rings. The van der Waals surface area contributed by atoms with Crippen LogP contribution in [0.2, 0.25) is 0 Å². The van der Waals surface area contributed by atoms with E-state index in [1.165, 1.54) is 0 Å². The minimum absolute atomic E-state index is 0.00418. The molecule has 3 atom stereocenters. The quantitative estimate of drug-likeness (QED) is 0.264. The van der Waals surface area contributed by atoms with Crippen LogP contribution in [-0.2, 0) is 42.5 Å². The van der Waals surface area contributed by atoms with Gasteiger partial charge in [-0.05, 0) is 26.7 Å². The average molecular weight is 484 g/mol. The van der Waals surface area contributed by atoms with Gasteiger partial charge in [0.05, 0.1) is 30.4 Å². The van der Waals surface area contributed by atoms with Gasteiger partial charge in [0.1, 0.15) is 6.61 Å². The Morgan fingerprint density at radius 3 is 2.48 bits per heavy atom. The highest BCUT2D eigenvalue weighted by Crippen LogP contribution is 2.55. The molecule has 12 heteroatoms. The van der Waals surface area contributed by atoms with Crippen molar-refractivity contribution < 1.29 is 41.1 Å². The van der Waals surface area contributed by atoms with Crippen molar-refractivity contribution in [3.05, 3.63) is 12.3 Å². The summed E-state index contributed by atoms with van der Waals surface area (Å²) >= 11 is 0. The topological polar surface area (TPSA) is 134 Å². The molecule has 0 aromatic carbocycles. The van der Waals surface area contributed by atoms with Crippen molar-refractivity contribution in [2.45, 2.75) is 34.1 Å². The zero-order valence-corrected chi connectivity index (χ0v) is 20.6. The van der Waals surface area contributed by atoms with Gasteiger partial charge in [0.2, 0.25) is 6.79 Å². The van der Waals surface area contributed by atoms with Gasteiger partial charge < -0.3 is 19.3 Å². The summed E-state index contributed by atoms with van der Waals surface area (Å²) < 4.78 is 55.5. The number of allylic oxidation sites excluding steroid dienone is 1. The number of hydrogen-bond donors (Lipinski definition) is 1. The van der Waals surface area contributed by atoms with Crippen molar-refractivity contribution in [2.75, 3.05) is 44.7 Å². The molecule has 0 aliphatic carbocycles. The predicted octanol–water partition coefficient (Wildman–Crippen LogP) is 2.11. The summed E-state index contributed by atoms with van der Waals surface area (Å²) in [7, 11) is -6.67. The molecule has 0 aromatic heterocycles. The number of carbonyl (C=O) groups is 2. The Balaban J connectivity index is 2.46. The molecular weight excluding hydrogens is 449 g/mol. The van der Waals surface area contributed by atoms with Crippen LogP contribution in [0.3, 0.4) is 0 Å². The van der Waals surface area contributed by atoms with Crippen LogP contribution in [0, 0.1) is 17.3 Å². The number of sulfone groups is 1. The fraction of sp³-hybridized carbons (Fsp3) is 0.789. The van der Waals surface area contributed by atoms with Crippen LogP contribution in [0.4, 0.5) is 0 Å². The third-order valence-corrected chi connectivity index (χ3v) is 7.33. The molecule has 180 valence electrons. The highest BCUT2D eigenvalue weighted by atomic mass is 32.2. The average Bonchev–Trinajstić information content (AvgIpc) is 2.62. The van der Waals surface area contributed by atoms with Gasteiger partial charge in [0.15, 0.2) is 9.84 Å². The maximum Gasteiger partial charge on any atom is 0.334 e. The van der Waals surface area contributed by atoms with Gasteiger partial charge in [-0.1, -0.05) is 13.5 Å². The lowest BCUT2D eigenvalue weighted by Crippen LogP contribution is -2.34. The second-order valence-electron chi connectivity index (χ2n) is 8.65. The highest BCUT2D eigenvalue weighted by Gasteiger charge is 2.39. The molecule has 10 nitrogen and oxygen atoms in total. The molecule has 0 spiro atoms. The monoisotopic (exact) mass is 483 g/mol. The lowest BCUT2D eigenvalue weighted by atomic mass is 9.93. The Kier molecular flexibility index (Phi) is 10.2. The van der Waals surface area contributed by atoms with Crippen LogP contribution in [0.25, 0.3) is 0 Å². The van der Waals surface area contributed by atoms with Crippen LogP contribution >= 0.6 is 7.60 Å². The standard InChI is InChI=1S/C19H34NO9PS/c1-14-11-28-30(23,29-13-27-18(22)19(3,4)5)12-16(14)15(2)20-8-7-17(21)26-9-10-31(6,24)25/h14,16,20H,2,7-13H2,1,3-6H3/t14?,16-,30?/m1/s1. The van der Waals surface area contributed by atoms with Crippen LogP contribution < -0.4 is 5.32 Å². The van der Waals surface area contributed by atoms with E-state index in [1.807, 2.05) is 6.92 Å². The molecule has 0 bridgehead atoms. The zero-order chi connectivity index (χ0) is 23.9. The highest BCUT2D eigenvalue weighted by molar-refractivity contribution is 7.90. The van der Waals surface area contributed by atoms with Crippen LogP contribution in [0.1, 0.15) is 34.1 Å². The van der Waals surface area contributed by atoms with Gasteiger partial charge in [-0.2, -0.15) is 0 Å². The van der Waals surface area contributed by atoms with Gasteiger partial charge in [-0.15, -0.1) is 0 Å². The largest absolute Gasteiger partial charge is 0.465 e. The fourth-order valence-corrected chi connectivity index (χ4v) is 4.99. The normalized spacial score (nSPS) is 24.3. The molecule has 1 fully saturated rings. The van der Waals surface area contributed by atoms with Crippen molar-refractivity contribution >= 4 is 29.4 Å². The van der Waals surface area contributed by atoms with E-state index in [9.17, 15) is 22.6 Å². The van der Waals surface area contributed by atoms with E-state index in [0.29, 0.717) is 5.70 Å². The summed E-state index contributed by atoms with van der Waals surface area (Å²) in [5.74, 6) is -1.46. The molecule has 0 saturated carbocycles. The Bertz CT molecular complexity index is 804. The van der Waals surface area contributed by atoms with Crippen LogP contribution in [-0.4, -0.2) is 65.1 Å². The lowest BCUT2D eigenvalue weighted by molar-refractivity contribution is -0.160. The summed E-state index contributed by atoms with van der Waals surface area (Å²) in [6.45, 7) is 10.7. The summed E-state index contributed by atoms with van der Waals surface area (Å²) in [6.07, 6.45) is 1.15. The van der Waals surface area contributed by atoms with Crippen molar-refractivity contribution in [3.8, 4) is 0 Å². The Morgan fingerprint density at radius 1 is 1.26 bits per heavy atom. The number of rotatable bonds is 11. The van der Waals surface area contributed by atoms with E-state index in [1.54, 1.807) is 20.8 Å². The molecule has 0 radical (unpaired) electrons. The third kappa shape index (κ3) is 10.6. The van der Waals surface area contributed by atoms with E-state index in [0.717, 1.165) is 6.26 Å². The van der Waals surface area contributed by atoms with Crippen molar-refractivity contribution in [1.82, 2.24) is 5.32 Å². The first kappa shape index (κ1) is 27.6. The number of ether oxygens (including phenoxy) is 2. The Morgan fingerprint density at radius 2 is 1.90 bits per heavy atom. The molecular formula is C19H34NO9PS. The maximum atomic E-state index is 12.9. The molecule has 2 unspecified atom stereocenters. The molecule has 1 heterocycles. The maximum absolute atomic E-state index is 12.9. The first-order valence-corrected chi connectivity index (χ1v) is 13.7. The van der Waals surface area contributed by atoms with E-state index in [4.69, 9.17) is 18.5 Å². The van der Waals surface area contributed by atoms with Crippen molar-refractivity contribution in [3.63, 3.8) is 0 Å². The summed E-state index contributed by atoms with van der Waals surface area (Å²) in [4.78, 5) is 23.5. The molecule has 1 aliphatic heterocycles. The first-order valence-electron chi connectivity index (χ1n) is 9.94. The van der Waals surface area contributed by atoms with Crippen molar-refractivity contribution in [1.29, 1.82) is 0 Å². The molecule has 1 rings (SSSR count). The minimum Gasteiger partial charge on any atom is -0.465 e. The summed E-state index contributed by atoms with van der Waals surface area (Å²) in [5.41, 5.74) is -0.123. The van der Waals surface area contributed by atoms with E-state index >= 15 is 0 Å². The molecule has 1 saturated heterocycles. The SMILES string of the molecule is C=C(NCCC(=O)OCCS(C)(=O)=O)[C@@H]1CP(=O)(OCOC(=O)C(C)(C)C)OCC1C. The van der Waals surface area contributed by atoms with E-state index < -0.39 is 41.6 Å². The minimum atomic E-state index is -3.48. The second-order valence-corrected chi connectivity index (χ2v) is 13.0. The Hall–Kier alpha value is -1.42. The third-order valence-electron chi connectivity index (χ3n) is 4.54. The molecule has 1 aliphatic rings. The number of hydrogen-bond acceptors (Lipinski definition) is 10.